The second-order valence-electron chi connectivity index (χ2n) is 7.44. The lowest BCUT2D eigenvalue weighted by Crippen LogP contribution is -2.36. The lowest BCUT2D eigenvalue weighted by molar-refractivity contribution is 0.0180. The van der Waals surface area contributed by atoms with Gasteiger partial charge in [-0.05, 0) is 79.1 Å². The first kappa shape index (κ1) is 20.6. The number of ether oxygens (including phenoxy) is 2. The summed E-state index contributed by atoms with van der Waals surface area (Å²) in [5.41, 5.74) is 3.04. The second kappa shape index (κ2) is 7.73. The van der Waals surface area contributed by atoms with Crippen LogP contribution in [0.25, 0.3) is 0 Å². The van der Waals surface area contributed by atoms with E-state index in [9.17, 15) is 18.1 Å². The minimum Gasteiger partial charge on any atom is -0.493 e. The summed E-state index contributed by atoms with van der Waals surface area (Å²) in [7, 11) is -1.05. The summed E-state index contributed by atoms with van der Waals surface area (Å²) >= 11 is 0. The molecule has 0 aliphatic heterocycles. The summed E-state index contributed by atoms with van der Waals surface area (Å²) in [5.74, 6) is 1.33. The van der Waals surface area contributed by atoms with Crippen LogP contribution in [0.15, 0.2) is 35.2 Å². The van der Waals surface area contributed by atoms with Crippen LogP contribution in [0.2, 0.25) is 0 Å². The predicted octanol–water partition coefficient (Wildman–Crippen LogP) is 3.11. The number of benzene rings is 2. The van der Waals surface area contributed by atoms with E-state index < -0.39 is 15.7 Å². The highest BCUT2D eigenvalue weighted by molar-refractivity contribution is 7.85. The van der Waals surface area contributed by atoms with Gasteiger partial charge in [0.2, 0.25) is 0 Å². The molecular formula is C21H26O6S. The van der Waals surface area contributed by atoms with Gasteiger partial charge in [-0.25, -0.2) is 0 Å². The van der Waals surface area contributed by atoms with Crippen molar-refractivity contribution < 1.29 is 27.6 Å². The smallest absolute Gasteiger partial charge is 0.294 e. The second-order valence-corrected chi connectivity index (χ2v) is 8.86. The van der Waals surface area contributed by atoms with Crippen molar-refractivity contribution >= 4 is 10.1 Å². The van der Waals surface area contributed by atoms with Gasteiger partial charge in [0.15, 0.2) is 11.5 Å². The maximum atomic E-state index is 11.4. The van der Waals surface area contributed by atoms with Crippen LogP contribution in [0.5, 0.6) is 11.5 Å². The normalized spacial score (nSPS) is 19.2. The lowest BCUT2D eigenvalue weighted by Gasteiger charge is -2.34. The van der Waals surface area contributed by atoms with Gasteiger partial charge in [-0.1, -0.05) is 6.07 Å². The molecule has 28 heavy (non-hydrogen) atoms. The Bertz CT molecular complexity index is 983. The number of rotatable bonds is 6. The Kier molecular flexibility index (Phi) is 5.70. The molecule has 2 aromatic rings. The van der Waals surface area contributed by atoms with Crippen LogP contribution in [0.3, 0.4) is 0 Å². The number of methoxy groups -OCH3 is 2. The predicted molar refractivity (Wildman–Crippen MR) is 106 cm³/mol. The Morgan fingerprint density at radius 3 is 2.32 bits per heavy atom. The zero-order valence-electron chi connectivity index (χ0n) is 16.4. The maximum absolute atomic E-state index is 11.4. The van der Waals surface area contributed by atoms with E-state index in [1.165, 1.54) is 12.1 Å². The quantitative estimate of drug-likeness (QED) is 0.716. The van der Waals surface area contributed by atoms with Gasteiger partial charge in [0.25, 0.3) is 10.1 Å². The van der Waals surface area contributed by atoms with Crippen LogP contribution in [0.4, 0.5) is 0 Å². The van der Waals surface area contributed by atoms with Gasteiger partial charge < -0.3 is 14.6 Å². The summed E-state index contributed by atoms with van der Waals surface area (Å²) in [4.78, 5) is -0.120. The topological polar surface area (TPSA) is 93.1 Å². The van der Waals surface area contributed by atoms with Gasteiger partial charge in [0, 0.05) is 6.42 Å². The maximum Gasteiger partial charge on any atom is 0.294 e. The Morgan fingerprint density at radius 2 is 1.71 bits per heavy atom. The van der Waals surface area contributed by atoms with E-state index in [0.717, 1.165) is 28.7 Å². The molecule has 7 heteroatoms. The fourth-order valence-corrected chi connectivity index (χ4v) is 4.36. The molecule has 0 fully saturated rings. The molecule has 1 unspecified atom stereocenters. The van der Waals surface area contributed by atoms with Crippen molar-refractivity contribution in [2.75, 3.05) is 14.2 Å². The molecule has 2 aromatic carbocycles. The van der Waals surface area contributed by atoms with Crippen molar-refractivity contribution in [1.82, 2.24) is 0 Å². The van der Waals surface area contributed by atoms with Gasteiger partial charge in [0.05, 0.1) is 24.7 Å². The molecule has 0 aromatic heterocycles. The van der Waals surface area contributed by atoms with E-state index in [-0.39, 0.29) is 4.90 Å². The first-order chi connectivity index (χ1) is 13.1. The molecule has 0 spiro atoms. The van der Waals surface area contributed by atoms with Crippen LogP contribution in [0.1, 0.15) is 35.1 Å². The van der Waals surface area contributed by atoms with E-state index >= 15 is 0 Å². The summed E-state index contributed by atoms with van der Waals surface area (Å²) in [6.45, 7) is 1.89. The van der Waals surface area contributed by atoms with Crippen LogP contribution >= 0.6 is 0 Å². The minimum absolute atomic E-state index is 0.120. The number of fused-ring (bicyclic) bond motifs is 1. The van der Waals surface area contributed by atoms with Crippen molar-refractivity contribution in [2.45, 2.75) is 49.5 Å². The van der Waals surface area contributed by atoms with E-state index in [4.69, 9.17) is 9.47 Å². The number of hydrogen-bond donors (Lipinski definition) is 2. The Labute approximate surface area is 165 Å². The number of hydrogen-bond acceptors (Lipinski definition) is 5. The monoisotopic (exact) mass is 406 g/mol. The molecule has 0 bridgehead atoms. The van der Waals surface area contributed by atoms with E-state index in [1.807, 2.05) is 19.1 Å². The zero-order valence-corrected chi connectivity index (χ0v) is 17.2. The van der Waals surface area contributed by atoms with Gasteiger partial charge in [-0.2, -0.15) is 8.42 Å². The fraction of sp³-hybridized carbons (Fsp3) is 0.429. The summed E-state index contributed by atoms with van der Waals surface area (Å²) < 4.78 is 42.8. The molecule has 2 N–H and O–H groups in total. The summed E-state index contributed by atoms with van der Waals surface area (Å²) in [6.07, 6.45) is 2.87. The molecule has 0 heterocycles. The van der Waals surface area contributed by atoms with Crippen molar-refractivity contribution in [3.05, 3.63) is 52.6 Å². The molecule has 0 radical (unpaired) electrons. The number of aryl methyl sites for hydroxylation is 3. The van der Waals surface area contributed by atoms with Crippen LogP contribution in [-0.4, -0.2) is 37.9 Å². The molecule has 0 saturated heterocycles. The Balaban J connectivity index is 1.79. The van der Waals surface area contributed by atoms with Crippen molar-refractivity contribution in [1.29, 1.82) is 0 Å². The van der Waals surface area contributed by atoms with Crippen molar-refractivity contribution in [3.63, 3.8) is 0 Å². The Morgan fingerprint density at radius 1 is 1.07 bits per heavy atom. The first-order valence-electron chi connectivity index (χ1n) is 9.18. The van der Waals surface area contributed by atoms with E-state index in [1.54, 1.807) is 20.3 Å². The van der Waals surface area contributed by atoms with Gasteiger partial charge >= 0.3 is 0 Å². The third kappa shape index (κ3) is 4.32. The molecule has 1 atom stereocenters. The molecule has 0 amide bonds. The molecule has 1 aliphatic rings. The standard InChI is InChI=1S/C21H26O6S/c1-14-4-5-18(28(23,24)25)10-15(14)6-8-21(22)9-7-16-11-19(26-2)20(27-3)12-17(16)13-21/h4-5,10-12,22H,6-9,13H2,1-3H3,(H,23,24,25). The van der Waals surface area contributed by atoms with Crippen LogP contribution in [0, 0.1) is 6.92 Å². The lowest BCUT2D eigenvalue weighted by atomic mass is 9.77. The van der Waals surface area contributed by atoms with E-state index in [2.05, 4.69) is 0 Å². The average molecular weight is 407 g/mol. The Hall–Kier alpha value is -2.09. The first-order valence-corrected chi connectivity index (χ1v) is 10.6. The molecule has 152 valence electrons. The van der Waals surface area contributed by atoms with Crippen molar-refractivity contribution in [3.8, 4) is 11.5 Å². The highest BCUT2D eigenvalue weighted by Gasteiger charge is 2.33. The highest BCUT2D eigenvalue weighted by atomic mass is 32.2. The van der Waals surface area contributed by atoms with E-state index in [0.29, 0.717) is 37.2 Å². The van der Waals surface area contributed by atoms with Crippen LogP contribution in [-0.2, 0) is 29.4 Å². The highest BCUT2D eigenvalue weighted by Crippen LogP contribution is 2.38. The molecule has 1 aliphatic carbocycles. The summed E-state index contributed by atoms with van der Waals surface area (Å²) in [6, 6.07) is 8.43. The molecule has 3 rings (SSSR count). The van der Waals surface area contributed by atoms with Crippen molar-refractivity contribution in [2.24, 2.45) is 0 Å². The van der Waals surface area contributed by atoms with Crippen LogP contribution < -0.4 is 9.47 Å². The van der Waals surface area contributed by atoms with Gasteiger partial charge in [-0.3, -0.25) is 4.55 Å². The zero-order chi connectivity index (χ0) is 20.5. The fourth-order valence-electron chi connectivity index (χ4n) is 3.83. The third-order valence-corrected chi connectivity index (χ3v) is 6.41. The summed E-state index contributed by atoms with van der Waals surface area (Å²) in [5, 5.41) is 11.1. The molecule has 0 saturated carbocycles. The average Bonchev–Trinajstić information content (AvgIpc) is 2.65. The van der Waals surface area contributed by atoms with Gasteiger partial charge in [0.1, 0.15) is 0 Å². The van der Waals surface area contributed by atoms with Gasteiger partial charge in [-0.15, -0.1) is 0 Å². The third-order valence-electron chi connectivity index (χ3n) is 5.56. The largest absolute Gasteiger partial charge is 0.493 e. The number of aliphatic hydroxyl groups is 1. The minimum atomic E-state index is -4.24. The molecular weight excluding hydrogens is 380 g/mol. The SMILES string of the molecule is COc1cc2c(cc1OC)CC(O)(CCc1cc(S(=O)(=O)O)ccc1C)CC2. The molecule has 6 nitrogen and oxygen atoms in total.